The zero-order valence-electron chi connectivity index (χ0n) is 19.3. The van der Waals surface area contributed by atoms with Crippen LogP contribution in [0.25, 0.3) is 6.08 Å². The van der Waals surface area contributed by atoms with Gasteiger partial charge in [0.15, 0.2) is 11.5 Å². The number of urea groups is 1. The van der Waals surface area contributed by atoms with E-state index in [-0.39, 0.29) is 18.1 Å². The number of benzene rings is 3. The molecule has 0 unspecified atom stereocenters. The van der Waals surface area contributed by atoms with E-state index in [1.165, 1.54) is 10.5 Å². The van der Waals surface area contributed by atoms with Gasteiger partial charge < -0.3 is 14.8 Å². The minimum absolute atomic E-state index is 0.197. The van der Waals surface area contributed by atoms with Crippen LogP contribution in [-0.2, 0) is 17.9 Å². The molecular weight excluding hydrogens is 623 g/mol. The van der Waals surface area contributed by atoms with Gasteiger partial charge in [-0.2, -0.15) is 0 Å². The van der Waals surface area contributed by atoms with Crippen molar-refractivity contribution in [3.8, 4) is 11.5 Å². The first-order chi connectivity index (χ1) is 16.8. The lowest BCUT2D eigenvalue weighted by Crippen LogP contribution is -2.30. The van der Waals surface area contributed by atoms with Crippen LogP contribution in [-0.4, -0.2) is 23.4 Å². The molecule has 1 aliphatic rings. The summed E-state index contributed by atoms with van der Waals surface area (Å²) in [6, 6.07) is 19.0. The predicted molar refractivity (Wildman–Crippen MR) is 147 cm³/mol. The highest BCUT2D eigenvalue weighted by Crippen LogP contribution is 2.36. The molecule has 0 aromatic heterocycles. The highest BCUT2D eigenvalue weighted by Gasteiger charge is 2.33. The molecule has 1 heterocycles. The number of carbonyl (C=O) groups excluding carboxylic acids is 2. The maximum absolute atomic E-state index is 12.9. The van der Waals surface area contributed by atoms with Crippen LogP contribution >= 0.6 is 38.5 Å². The summed E-state index contributed by atoms with van der Waals surface area (Å²) in [5.74, 6) is 0.862. The molecule has 35 heavy (non-hydrogen) atoms. The van der Waals surface area contributed by atoms with E-state index in [2.05, 4.69) is 56.0 Å². The number of carbonyl (C=O) groups is 2. The summed E-state index contributed by atoms with van der Waals surface area (Å²) in [5.41, 5.74) is 4.07. The van der Waals surface area contributed by atoms with Gasteiger partial charge in [-0.1, -0.05) is 57.9 Å². The van der Waals surface area contributed by atoms with Crippen molar-refractivity contribution < 1.29 is 19.1 Å². The van der Waals surface area contributed by atoms with E-state index in [0.29, 0.717) is 24.7 Å². The Morgan fingerprint density at radius 2 is 1.69 bits per heavy atom. The predicted octanol–water partition coefficient (Wildman–Crippen LogP) is 6.43. The van der Waals surface area contributed by atoms with Gasteiger partial charge >= 0.3 is 6.03 Å². The third-order valence-electron chi connectivity index (χ3n) is 5.36. The van der Waals surface area contributed by atoms with E-state index in [0.717, 1.165) is 24.7 Å². The molecule has 4 rings (SSSR count). The summed E-state index contributed by atoms with van der Waals surface area (Å²) in [6.45, 7) is 5.03. The first-order valence-corrected chi connectivity index (χ1v) is 12.9. The number of imide groups is 1. The van der Waals surface area contributed by atoms with Crippen LogP contribution in [0.2, 0.25) is 0 Å². The lowest BCUT2D eigenvalue weighted by Gasteiger charge is -2.15. The van der Waals surface area contributed by atoms with Crippen LogP contribution in [0.3, 0.4) is 0 Å². The lowest BCUT2D eigenvalue weighted by molar-refractivity contribution is -0.123. The average Bonchev–Trinajstić information content (AvgIpc) is 3.08. The van der Waals surface area contributed by atoms with Crippen molar-refractivity contribution in [1.29, 1.82) is 0 Å². The number of nitrogens with zero attached hydrogens (tertiary/aromatic N) is 1. The van der Waals surface area contributed by atoms with Gasteiger partial charge in [0.25, 0.3) is 5.91 Å². The lowest BCUT2D eigenvalue weighted by atomic mass is 10.1. The molecule has 1 N–H and O–H groups in total. The van der Waals surface area contributed by atoms with Crippen LogP contribution in [0.4, 0.5) is 4.79 Å². The molecule has 180 valence electrons. The molecular formula is C27H24BrIN2O4. The number of hydrogen-bond donors (Lipinski definition) is 1. The zero-order chi connectivity index (χ0) is 24.9. The van der Waals surface area contributed by atoms with Crippen molar-refractivity contribution in [2.24, 2.45) is 0 Å². The quantitative estimate of drug-likeness (QED) is 0.174. The fourth-order valence-corrected chi connectivity index (χ4v) is 4.61. The molecule has 1 fully saturated rings. The van der Waals surface area contributed by atoms with E-state index in [1.54, 1.807) is 6.08 Å². The molecule has 8 heteroatoms. The Morgan fingerprint density at radius 1 is 1.00 bits per heavy atom. The first-order valence-electron chi connectivity index (χ1n) is 11.1. The van der Waals surface area contributed by atoms with Gasteiger partial charge in [0, 0.05) is 4.47 Å². The Balaban J connectivity index is 1.54. The SMILES string of the molecule is CCOc1cc(/C=C2/NC(=O)N(Cc3ccc(Br)cc3)C2=O)cc(I)c1OCc1ccc(C)cc1. The summed E-state index contributed by atoms with van der Waals surface area (Å²) < 4.78 is 13.7. The number of nitrogens with one attached hydrogen (secondary N) is 1. The maximum Gasteiger partial charge on any atom is 0.329 e. The number of aryl methyl sites for hydroxylation is 1. The Morgan fingerprint density at radius 3 is 2.37 bits per heavy atom. The number of ether oxygens (including phenoxy) is 2. The van der Waals surface area contributed by atoms with Crippen molar-refractivity contribution in [2.75, 3.05) is 6.61 Å². The Kier molecular flexibility index (Phi) is 8.12. The van der Waals surface area contributed by atoms with Crippen molar-refractivity contribution in [3.63, 3.8) is 0 Å². The normalized spacial score (nSPS) is 14.4. The van der Waals surface area contributed by atoms with E-state index >= 15 is 0 Å². The molecule has 0 bridgehead atoms. The minimum Gasteiger partial charge on any atom is -0.490 e. The Labute approximate surface area is 226 Å². The summed E-state index contributed by atoms with van der Waals surface area (Å²) in [5, 5.41) is 2.69. The molecule has 6 nitrogen and oxygen atoms in total. The van der Waals surface area contributed by atoms with Crippen LogP contribution < -0.4 is 14.8 Å². The van der Waals surface area contributed by atoms with E-state index < -0.39 is 6.03 Å². The summed E-state index contributed by atoms with van der Waals surface area (Å²) in [4.78, 5) is 26.6. The molecule has 0 aliphatic carbocycles. The van der Waals surface area contributed by atoms with E-state index in [9.17, 15) is 9.59 Å². The van der Waals surface area contributed by atoms with Gasteiger partial charge in [0.2, 0.25) is 0 Å². The van der Waals surface area contributed by atoms with Gasteiger partial charge in [-0.25, -0.2) is 4.79 Å². The largest absolute Gasteiger partial charge is 0.490 e. The zero-order valence-corrected chi connectivity index (χ0v) is 23.1. The average molecular weight is 647 g/mol. The fraction of sp³-hybridized carbons (Fsp3) is 0.185. The van der Waals surface area contributed by atoms with Gasteiger partial charge in [-0.3, -0.25) is 9.69 Å². The number of amides is 3. The molecule has 1 aliphatic heterocycles. The number of halogens is 2. The standard InChI is InChI=1S/C27H24BrIN2O4/c1-3-34-24-14-20(12-22(29)25(24)35-16-19-6-4-17(2)5-7-19)13-23-26(32)31(27(33)30-23)15-18-8-10-21(28)11-9-18/h4-14H,3,15-16H2,1-2H3,(H,30,33)/b23-13+. The second-order valence-corrected chi connectivity index (χ2v) is 10.1. The second-order valence-electron chi connectivity index (χ2n) is 8.04. The smallest absolute Gasteiger partial charge is 0.329 e. The van der Waals surface area contributed by atoms with Crippen molar-refractivity contribution >= 4 is 56.5 Å². The van der Waals surface area contributed by atoms with E-state index in [1.807, 2.05) is 62.4 Å². The van der Waals surface area contributed by atoms with Crippen LogP contribution in [0.5, 0.6) is 11.5 Å². The third kappa shape index (κ3) is 6.24. The van der Waals surface area contributed by atoms with E-state index in [4.69, 9.17) is 9.47 Å². The second kappa shape index (κ2) is 11.3. The molecule has 0 saturated carbocycles. The van der Waals surface area contributed by atoms with Crippen LogP contribution in [0, 0.1) is 10.5 Å². The number of hydrogen-bond acceptors (Lipinski definition) is 4. The molecule has 0 spiro atoms. The first kappa shape index (κ1) is 25.2. The minimum atomic E-state index is -0.443. The number of rotatable bonds is 8. The van der Waals surface area contributed by atoms with Crippen molar-refractivity contribution in [2.45, 2.75) is 27.0 Å². The van der Waals surface area contributed by atoms with Crippen molar-refractivity contribution in [1.82, 2.24) is 10.2 Å². The van der Waals surface area contributed by atoms with Gasteiger partial charge in [0.05, 0.1) is 16.7 Å². The van der Waals surface area contributed by atoms with Crippen molar-refractivity contribution in [3.05, 3.63) is 96.7 Å². The third-order valence-corrected chi connectivity index (χ3v) is 6.69. The molecule has 3 amide bonds. The highest BCUT2D eigenvalue weighted by atomic mass is 127. The molecule has 3 aromatic carbocycles. The maximum atomic E-state index is 12.9. The molecule has 0 atom stereocenters. The fourth-order valence-electron chi connectivity index (χ4n) is 3.57. The summed E-state index contributed by atoms with van der Waals surface area (Å²) in [7, 11) is 0. The Hall–Kier alpha value is -2.85. The Bertz CT molecular complexity index is 1270. The van der Waals surface area contributed by atoms with Crippen LogP contribution in [0.1, 0.15) is 29.2 Å². The van der Waals surface area contributed by atoms with Gasteiger partial charge in [-0.05, 0) is 83.5 Å². The van der Waals surface area contributed by atoms with Gasteiger partial charge in [0.1, 0.15) is 12.3 Å². The van der Waals surface area contributed by atoms with Crippen LogP contribution in [0.15, 0.2) is 70.8 Å². The summed E-state index contributed by atoms with van der Waals surface area (Å²) in [6.07, 6.45) is 1.66. The molecule has 0 radical (unpaired) electrons. The topological polar surface area (TPSA) is 67.9 Å². The molecule has 3 aromatic rings. The van der Waals surface area contributed by atoms with Gasteiger partial charge in [-0.15, -0.1) is 0 Å². The summed E-state index contributed by atoms with van der Waals surface area (Å²) >= 11 is 5.59. The monoisotopic (exact) mass is 646 g/mol. The molecule has 1 saturated heterocycles. The highest BCUT2D eigenvalue weighted by molar-refractivity contribution is 14.1.